The highest BCUT2D eigenvalue weighted by Gasteiger charge is 2.61. The van der Waals surface area contributed by atoms with Crippen molar-refractivity contribution in [2.24, 2.45) is 11.3 Å². The van der Waals surface area contributed by atoms with Crippen molar-refractivity contribution < 1.29 is 9.32 Å². The maximum absolute atomic E-state index is 13.0. The Morgan fingerprint density at radius 1 is 1.38 bits per heavy atom. The van der Waals surface area contributed by atoms with Crippen LogP contribution in [0.5, 0.6) is 0 Å². The van der Waals surface area contributed by atoms with Crippen molar-refractivity contribution >= 4 is 5.91 Å². The second-order valence-electron chi connectivity index (χ2n) is 8.71. The number of carbonyl (C=O) groups is 1. The minimum atomic E-state index is 0.260. The largest absolute Gasteiger partial charge is 0.357 e. The van der Waals surface area contributed by atoms with E-state index in [-0.39, 0.29) is 5.92 Å². The maximum Gasteiger partial charge on any atom is 0.274 e. The van der Waals surface area contributed by atoms with E-state index >= 15 is 0 Å². The van der Waals surface area contributed by atoms with E-state index < -0.39 is 0 Å². The number of nitrogens with zero attached hydrogens (tertiary/aromatic N) is 4. The summed E-state index contributed by atoms with van der Waals surface area (Å²) in [6.07, 6.45) is 9.39. The molecule has 2 fully saturated rings. The Kier molecular flexibility index (Phi) is 3.52. The highest BCUT2D eigenvalue weighted by molar-refractivity contribution is 5.83. The van der Waals surface area contributed by atoms with Gasteiger partial charge in [-0.15, -0.1) is 0 Å². The number of amides is 1. The number of pyridine rings is 1. The van der Waals surface area contributed by atoms with Crippen molar-refractivity contribution in [2.45, 2.75) is 45.6 Å². The molecule has 29 heavy (non-hydrogen) atoms. The van der Waals surface area contributed by atoms with Gasteiger partial charge >= 0.3 is 0 Å². The molecule has 1 atom stereocenters. The van der Waals surface area contributed by atoms with Crippen molar-refractivity contribution in [2.75, 3.05) is 6.54 Å². The van der Waals surface area contributed by atoms with E-state index in [1.807, 2.05) is 36.4 Å². The number of fused-ring (bicyclic) bond motifs is 1. The molecule has 3 aromatic rings. The van der Waals surface area contributed by atoms with E-state index in [1.54, 1.807) is 0 Å². The van der Waals surface area contributed by atoms with Crippen LogP contribution in [0.4, 0.5) is 0 Å². The molecule has 0 aromatic carbocycles. The molecular weight excluding hydrogens is 366 g/mol. The molecule has 7 heteroatoms. The summed E-state index contributed by atoms with van der Waals surface area (Å²) in [6, 6.07) is 3.80. The number of hydrogen-bond acceptors (Lipinski definition) is 5. The normalized spacial score (nSPS) is 21.7. The van der Waals surface area contributed by atoms with E-state index in [9.17, 15) is 4.79 Å². The maximum atomic E-state index is 13.0. The van der Waals surface area contributed by atoms with E-state index in [0.717, 1.165) is 41.9 Å². The summed E-state index contributed by atoms with van der Waals surface area (Å²) in [6.45, 7) is 3.35. The predicted octanol–water partition coefficient (Wildman–Crippen LogP) is 3.51. The first-order chi connectivity index (χ1) is 14.1. The minimum Gasteiger partial charge on any atom is -0.357 e. The number of carbonyl (C=O) groups excluding carboxylic acids is 1. The van der Waals surface area contributed by atoms with Crippen LogP contribution in [0.1, 0.15) is 42.5 Å². The van der Waals surface area contributed by atoms with Crippen molar-refractivity contribution in [3.05, 3.63) is 41.3 Å². The zero-order valence-electron chi connectivity index (χ0n) is 16.4. The van der Waals surface area contributed by atoms with Crippen molar-refractivity contribution in [3.8, 4) is 23.0 Å². The molecule has 4 heterocycles. The number of rotatable bonds is 3. The lowest BCUT2D eigenvalue weighted by Gasteiger charge is -2.32. The van der Waals surface area contributed by atoms with Crippen molar-refractivity contribution in [1.82, 2.24) is 25.0 Å². The van der Waals surface area contributed by atoms with Crippen molar-refractivity contribution in [1.29, 1.82) is 0 Å². The lowest BCUT2D eigenvalue weighted by Crippen LogP contribution is -2.39. The van der Waals surface area contributed by atoms with Gasteiger partial charge < -0.3 is 14.4 Å². The van der Waals surface area contributed by atoms with Gasteiger partial charge in [0.1, 0.15) is 5.69 Å². The molecule has 1 aliphatic heterocycles. The van der Waals surface area contributed by atoms with Gasteiger partial charge in [-0.2, -0.15) is 4.98 Å². The average molecular weight is 389 g/mol. The monoisotopic (exact) mass is 389 g/mol. The standard InChI is InChI=1S/C22H23N5O2/c1-13-18(19-25-20(29-26-19)17-4-2-8-23-17)15-5-9-27(12-14(15)11-24-13)21(28)16-10-22(16)6-3-7-22/h2,4,8,11,16,23H,3,5-7,9-10,12H2,1H3/t16-/m1/s1. The molecule has 1 N–H and O–H groups in total. The van der Waals surface area contributed by atoms with E-state index in [0.29, 0.717) is 29.6 Å². The van der Waals surface area contributed by atoms with E-state index in [4.69, 9.17) is 4.52 Å². The van der Waals surface area contributed by atoms with Crippen molar-refractivity contribution in [3.63, 3.8) is 0 Å². The van der Waals surface area contributed by atoms with Gasteiger partial charge in [-0.25, -0.2) is 0 Å². The Morgan fingerprint density at radius 2 is 2.28 bits per heavy atom. The van der Waals surface area contributed by atoms with Gasteiger partial charge in [0.2, 0.25) is 11.7 Å². The minimum absolute atomic E-state index is 0.260. The highest BCUT2D eigenvalue weighted by atomic mass is 16.5. The van der Waals surface area contributed by atoms with Crippen LogP contribution in [0.25, 0.3) is 23.0 Å². The van der Waals surface area contributed by atoms with Gasteiger partial charge in [-0.3, -0.25) is 9.78 Å². The van der Waals surface area contributed by atoms with Crippen LogP contribution in [0.3, 0.4) is 0 Å². The topological polar surface area (TPSA) is 87.9 Å². The summed E-state index contributed by atoms with van der Waals surface area (Å²) in [5.41, 5.74) is 5.28. The number of aromatic amines is 1. The number of H-pyrrole nitrogens is 1. The first kappa shape index (κ1) is 16.9. The molecule has 0 radical (unpaired) electrons. The Labute approximate surface area is 168 Å². The smallest absolute Gasteiger partial charge is 0.274 e. The molecule has 7 nitrogen and oxygen atoms in total. The summed E-state index contributed by atoms with van der Waals surface area (Å²) in [5.74, 6) is 1.63. The fourth-order valence-corrected chi connectivity index (χ4v) is 5.13. The summed E-state index contributed by atoms with van der Waals surface area (Å²) >= 11 is 0. The van der Waals surface area contributed by atoms with E-state index in [2.05, 4.69) is 20.1 Å². The quantitative estimate of drug-likeness (QED) is 0.741. The van der Waals surface area contributed by atoms with Gasteiger partial charge in [0.25, 0.3) is 5.89 Å². The van der Waals surface area contributed by atoms with Gasteiger partial charge in [0.15, 0.2) is 0 Å². The Balaban J connectivity index is 1.29. The third-order valence-corrected chi connectivity index (χ3v) is 7.08. The highest BCUT2D eigenvalue weighted by Crippen LogP contribution is 2.66. The Hall–Kier alpha value is -2.96. The predicted molar refractivity (Wildman–Crippen MR) is 106 cm³/mol. The molecule has 1 spiro atoms. The number of hydrogen-bond donors (Lipinski definition) is 1. The third-order valence-electron chi connectivity index (χ3n) is 7.08. The van der Waals surface area contributed by atoms with E-state index in [1.165, 1.54) is 24.8 Å². The number of nitrogens with one attached hydrogen (secondary N) is 1. The third kappa shape index (κ3) is 2.56. The summed E-state index contributed by atoms with van der Waals surface area (Å²) in [5, 5.41) is 4.21. The molecule has 2 aliphatic carbocycles. The fraction of sp³-hybridized carbons (Fsp3) is 0.455. The molecule has 0 saturated heterocycles. The molecule has 2 saturated carbocycles. The SMILES string of the molecule is Cc1ncc2c(c1-c1noc(-c3ccc[nH]3)n1)CCN(C(=O)[C@H]1CC13CCC3)C2. The first-order valence-corrected chi connectivity index (χ1v) is 10.4. The van der Waals surface area contributed by atoms with Gasteiger partial charge in [0, 0.05) is 42.7 Å². The summed E-state index contributed by atoms with van der Waals surface area (Å²) in [7, 11) is 0. The number of aryl methyl sites for hydroxylation is 1. The lowest BCUT2D eigenvalue weighted by molar-refractivity contribution is -0.134. The lowest BCUT2D eigenvalue weighted by atomic mass is 9.79. The van der Waals surface area contributed by atoms with Crippen LogP contribution in [-0.4, -0.2) is 37.5 Å². The van der Waals surface area contributed by atoms with Crippen LogP contribution < -0.4 is 0 Å². The van der Waals surface area contributed by atoms with Crippen LogP contribution in [-0.2, 0) is 17.8 Å². The Bertz CT molecular complexity index is 1100. The van der Waals surface area contributed by atoms with Crippen LogP contribution in [0.2, 0.25) is 0 Å². The van der Waals surface area contributed by atoms with Gasteiger partial charge in [-0.05, 0) is 61.3 Å². The number of aromatic nitrogens is 4. The molecule has 1 amide bonds. The van der Waals surface area contributed by atoms with Crippen LogP contribution in [0.15, 0.2) is 29.0 Å². The molecular formula is C22H23N5O2. The average Bonchev–Trinajstić information content (AvgIpc) is 3.04. The van der Waals surface area contributed by atoms with Crippen LogP contribution >= 0.6 is 0 Å². The summed E-state index contributed by atoms with van der Waals surface area (Å²) in [4.78, 5) is 27.3. The molecule has 6 rings (SSSR count). The second-order valence-corrected chi connectivity index (χ2v) is 8.71. The fourth-order valence-electron chi connectivity index (χ4n) is 5.13. The summed E-state index contributed by atoms with van der Waals surface area (Å²) < 4.78 is 5.47. The Morgan fingerprint density at radius 3 is 3.00 bits per heavy atom. The zero-order valence-corrected chi connectivity index (χ0v) is 16.4. The first-order valence-electron chi connectivity index (χ1n) is 10.4. The zero-order chi connectivity index (χ0) is 19.6. The molecule has 0 unspecified atom stereocenters. The molecule has 148 valence electrons. The second kappa shape index (κ2) is 6.02. The van der Waals surface area contributed by atoms with Gasteiger partial charge in [-0.1, -0.05) is 11.6 Å². The molecule has 0 bridgehead atoms. The molecule has 3 aromatic heterocycles. The molecule has 3 aliphatic rings. The van der Waals surface area contributed by atoms with Gasteiger partial charge in [0.05, 0.1) is 0 Å². The van der Waals surface area contributed by atoms with Crippen LogP contribution in [0, 0.1) is 18.3 Å².